The Morgan fingerprint density at radius 3 is 2.43 bits per heavy atom. The molecule has 6 heteroatoms. The summed E-state index contributed by atoms with van der Waals surface area (Å²) in [7, 11) is 0. The number of anilines is 1. The first-order valence-corrected chi connectivity index (χ1v) is 7.10. The standard InChI is InChI=1S/C15H22N2O4/c1-3-5-6-13(14(18)19)17-15(20)16-11-7-9-12(10-8-11)21-4-2/h7-10,13H,3-6H2,1-2H3,(H,18,19)(H2,16,17,20)/t13-/m0/s1. The molecule has 6 nitrogen and oxygen atoms in total. The van der Waals surface area contributed by atoms with E-state index in [2.05, 4.69) is 10.6 Å². The Balaban J connectivity index is 2.52. The van der Waals surface area contributed by atoms with Crippen molar-refractivity contribution in [2.75, 3.05) is 11.9 Å². The number of rotatable bonds is 8. The molecule has 0 saturated heterocycles. The largest absolute Gasteiger partial charge is 0.494 e. The van der Waals surface area contributed by atoms with E-state index in [9.17, 15) is 9.59 Å². The summed E-state index contributed by atoms with van der Waals surface area (Å²) in [4.78, 5) is 22.8. The van der Waals surface area contributed by atoms with Gasteiger partial charge in [-0.25, -0.2) is 9.59 Å². The zero-order valence-corrected chi connectivity index (χ0v) is 12.4. The monoisotopic (exact) mass is 294 g/mol. The average Bonchev–Trinajstić information content (AvgIpc) is 2.45. The van der Waals surface area contributed by atoms with Crippen molar-refractivity contribution in [3.05, 3.63) is 24.3 Å². The number of amides is 2. The van der Waals surface area contributed by atoms with Crippen LogP contribution in [0.4, 0.5) is 10.5 Å². The fraction of sp³-hybridized carbons (Fsp3) is 0.467. The van der Waals surface area contributed by atoms with Gasteiger partial charge in [0.1, 0.15) is 11.8 Å². The predicted octanol–water partition coefficient (Wildman–Crippen LogP) is 2.85. The van der Waals surface area contributed by atoms with Crippen LogP contribution in [-0.2, 0) is 4.79 Å². The molecule has 2 amide bonds. The van der Waals surface area contributed by atoms with E-state index in [4.69, 9.17) is 9.84 Å². The zero-order valence-electron chi connectivity index (χ0n) is 12.4. The van der Waals surface area contributed by atoms with E-state index in [1.54, 1.807) is 24.3 Å². The molecule has 116 valence electrons. The van der Waals surface area contributed by atoms with Gasteiger partial charge in [0.15, 0.2) is 0 Å². The molecule has 1 atom stereocenters. The summed E-state index contributed by atoms with van der Waals surface area (Å²) < 4.78 is 5.30. The van der Waals surface area contributed by atoms with Gasteiger partial charge < -0.3 is 20.5 Å². The van der Waals surface area contributed by atoms with Crippen molar-refractivity contribution in [3.63, 3.8) is 0 Å². The third-order valence-electron chi connectivity index (χ3n) is 2.87. The summed E-state index contributed by atoms with van der Waals surface area (Å²) in [6, 6.07) is 5.49. The van der Waals surface area contributed by atoms with Crippen LogP contribution in [0.25, 0.3) is 0 Å². The van der Waals surface area contributed by atoms with Gasteiger partial charge in [-0.05, 0) is 37.6 Å². The maximum absolute atomic E-state index is 11.8. The van der Waals surface area contributed by atoms with Crippen LogP contribution in [0.15, 0.2) is 24.3 Å². The molecule has 0 bridgehead atoms. The molecular formula is C15H22N2O4. The topological polar surface area (TPSA) is 87.7 Å². The molecule has 0 aromatic heterocycles. The number of hydrogen-bond acceptors (Lipinski definition) is 3. The summed E-state index contributed by atoms with van der Waals surface area (Å²) in [5, 5.41) is 14.1. The number of carbonyl (C=O) groups is 2. The predicted molar refractivity (Wildman–Crippen MR) is 80.7 cm³/mol. The van der Waals surface area contributed by atoms with Crippen molar-refractivity contribution in [2.45, 2.75) is 39.2 Å². The average molecular weight is 294 g/mol. The molecule has 0 heterocycles. The van der Waals surface area contributed by atoms with Crippen LogP contribution in [0, 0.1) is 0 Å². The van der Waals surface area contributed by atoms with Gasteiger partial charge in [-0.2, -0.15) is 0 Å². The Bertz CT molecular complexity index is 459. The second-order valence-corrected chi connectivity index (χ2v) is 4.59. The fourth-order valence-electron chi connectivity index (χ4n) is 1.79. The van der Waals surface area contributed by atoms with Crippen molar-refractivity contribution in [2.24, 2.45) is 0 Å². The molecule has 3 N–H and O–H groups in total. The first kappa shape index (κ1) is 16.8. The number of urea groups is 1. The molecule has 0 aliphatic rings. The second-order valence-electron chi connectivity index (χ2n) is 4.59. The molecule has 0 aliphatic heterocycles. The van der Waals surface area contributed by atoms with Gasteiger partial charge in [0.05, 0.1) is 6.61 Å². The molecule has 0 unspecified atom stereocenters. The number of carboxylic acid groups (broad SMARTS) is 1. The first-order valence-electron chi connectivity index (χ1n) is 7.10. The minimum atomic E-state index is -1.02. The number of benzene rings is 1. The number of aliphatic carboxylic acids is 1. The van der Waals surface area contributed by atoms with Crippen LogP contribution >= 0.6 is 0 Å². The van der Waals surface area contributed by atoms with E-state index >= 15 is 0 Å². The van der Waals surface area contributed by atoms with Crippen LogP contribution in [0.2, 0.25) is 0 Å². The van der Waals surface area contributed by atoms with Crippen molar-refractivity contribution < 1.29 is 19.4 Å². The quantitative estimate of drug-likeness (QED) is 0.688. The van der Waals surface area contributed by atoms with Crippen LogP contribution < -0.4 is 15.4 Å². The number of unbranched alkanes of at least 4 members (excludes halogenated alkanes) is 1. The lowest BCUT2D eigenvalue weighted by Crippen LogP contribution is -2.42. The summed E-state index contributed by atoms with van der Waals surface area (Å²) in [5.41, 5.74) is 0.579. The van der Waals surface area contributed by atoms with Gasteiger partial charge in [0.25, 0.3) is 0 Å². The summed E-state index contributed by atoms with van der Waals surface area (Å²) in [5.74, 6) is -0.305. The SMILES string of the molecule is CCCC[C@H](NC(=O)Nc1ccc(OCC)cc1)C(=O)O. The van der Waals surface area contributed by atoms with E-state index < -0.39 is 18.0 Å². The highest BCUT2D eigenvalue weighted by atomic mass is 16.5. The molecule has 0 radical (unpaired) electrons. The van der Waals surface area contributed by atoms with Gasteiger partial charge in [-0.3, -0.25) is 0 Å². The lowest BCUT2D eigenvalue weighted by atomic mass is 10.1. The van der Waals surface area contributed by atoms with Crippen molar-refractivity contribution in [1.29, 1.82) is 0 Å². The maximum atomic E-state index is 11.8. The molecular weight excluding hydrogens is 272 g/mol. The van der Waals surface area contributed by atoms with Crippen LogP contribution in [-0.4, -0.2) is 29.8 Å². The zero-order chi connectivity index (χ0) is 15.7. The minimum absolute atomic E-state index is 0.419. The van der Waals surface area contributed by atoms with Gasteiger partial charge in [-0.15, -0.1) is 0 Å². The lowest BCUT2D eigenvalue weighted by Gasteiger charge is -2.15. The third kappa shape index (κ3) is 6.16. The van der Waals surface area contributed by atoms with Gasteiger partial charge in [0, 0.05) is 5.69 Å². The molecule has 0 aliphatic carbocycles. The number of ether oxygens (including phenoxy) is 1. The summed E-state index contributed by atoms with van der Waals surface area (Å²) in [6.45, 7) is 4.44. The van der Waals surface area contributed by atoms with E-state index in [1.807, 2.05) is 13.8 Å². The third-order valence-corrected chi connectivity index (χ3v) is 2.87. The Labute approximate surface area is 124 Å². The van der Waals surface area contributed by atoms with Gasteiger partial charge >= 0.3 is 12.0 Å². The Kier molecular flexibility index (Phi) is 7.08. The van der Waals surface area contributed by atoms with E-state index in [0.717, 1.165) is 18.6 Å². The normalized spacial score (nSPS) is 11.5. The Morgan fingerprint density at radius 1 is 1.24 bits per heavy atom. The molecule has 1 rings (SSSR count). The van der Waals surface area contributed by atoms with Gasteiger partial charge in [0.2, 0.25) is 0 Å². The first-order chi connectivity index (χ1) is 10.1. The molecule has 0 spiro atoms. The highest BCUT2D eigenvalue weighted by Gasteiger charge is 2.19. The maximum Gasteiger partial charge on any atom is 0.326 e. The molecule has 1 aromatic carbocycles. The lowest BCUT2D eigenvalue weighted by molar-refractivity contribution is -0.139. The second kappa shape index (κ2) is 8.84. The molecule has 21 heavy (non-hydrogen) atoms. The summed E-state index contributed by atoms with van der Waals surface area (Å²) in [6.07, 6.45) is 2.05. The highest BCUT2D eigenvalue weighted by Crippen LogP contribution is 2.15. The molecule has 0 saturated carbocycles. The van der Waals surface area contributed by atoms with Crippen LogP contribution in [0.3, 0.4) is 0 Å². The van der Waals surface area contributed by atoms with E-state index in [1.165, 1.54) is 0 Å². The fourth-order valence-corrected chi connectivity index (χ4v) is 1.79. The number of carboxylic acids is 1. The summed E-state index contributed by atoms with van der Waals surface area (Å²) >= 11 is 0. The number of carbonyl (C=O) groups excluding carboxylic acids is 1. The van der Waals surface area contributed by atoms with Crippen LogP contribution in [0.5, 0.6) is 5.75 Å². The highest BCUT2D eigenvalue weighted by molar-refractivity contribution is 5.92. The Morgan fingerprint density at radius 2 is 1.90 bits per heavy atom. The van der Waals surface area contributed by atoms with Crippen molar-refractivity contribution in [1.82, 2.24) is 5.32 Å². The minimum Gasteiger partial charge on any atom is -0.494 e. The smallest absolute Gasteiger partial charge is 0.326 e. The Hall–Kier alpha value is -2.24. The number of nitrogens with one attached hydrogen (secondary N) is 2. The van der Waals surface area contributed by atoms with Crippen LogP contribution in [0.1, 0.15) is 33.1 Å². The van der Waals surface area contributed by atoms with E-state index in [-0.39, 0.29) is 0 Å². The number of hydrogen-bond donors (Lipinski definition) is 3. The van der Waals surface area contributed by atoms with Crippen molar-refractivity contribution >= 4 is 17.7 Å². The van der Waals surface area contributed by atoms with E-state index in [0.29, 0.717) is 18.7 Å². The molecule has 1 aromatic rings. The van der Waals surface area contributed by atoms with Crippen molar-refractivity contribution in [3.8, 4) is 5.75 Å². The van der Waals surface area contributed by atoms with Gasteiger partial charge in [-0.1, -0.05) is 19.8 Å². The molecule has 0 fully saturated rings.